The van der Waals surface area contributed by atoms with Gasteiger partial charge in [0.25, 0.3) is 0 Å². The Balaban J connectivity index is 2.22. The first-order chi connectivity index (χ1) is 26.2. The predicted octanol–water partition coefficient (Wildman–Crippen LogP) is 11.5. The van der Waals surface area contributed by atoms with Crippen molar-refractivity contribution in [2.75, 3.05) is 6.61 Å². The smallest absolute Gasteiger partial charge is 0.192 e. The van der Waals surface area contributed by atoms with Crippen LogP contribution in [0.25, 0.3) is 0 Å². The van der Waals surface area contributed by atoms with Crippen LogP contribution < -0.4 is 0 Å². The summed E-state index contributed by atoms with van der Waals surface area (Å²) in [4.78, 5) is 13.9. The molecule has 55 heavy (non-hydrogen) atoms. The van der Waals surface area contributed by atoms with E-state index in [1.54, 1.807) is 0 Å². The van der Waals surface area contributed by atoms with Crippen LogP contribution in [0.3, 0.4) is 0 Å². The summed E-state index contributed by atoms with van der Waals surface area (Å²) < 4.78 is 33.2. The molecule has 314 valence electrons. The molecule has 2 aromatic carbocycles. The summed E-state index contributed by atoms with van der Waals surface area (Å²) in [5.74, 6) is 0.169. The molecule has 0 radical (unpaired) electrons. The maximum Gasteiger partial charge on any atom is 0.192 e. The van der Waals surface area contributed by atoms with Gasteiger partial charge in [0, 0.05) is 32.0 Å². The molecule has 0 spiro atoms. The quantitative estimate of drug-likeness (QED) is 0.0477. The second-order valence-corrected chi connectivity index (χ2v) is 28.9. The zero-order chi connectivity index (χ0) is 40.9. The van der Waals surface area contributed by atoms with Gasteiger partial charge >= 0.3 is 0 Å². The average molecular weight is 817 g/mol. The van der Waals surface area contributed by atoms with Gasteiger partial charge in [-0.1, -0.05) is 123 Å². The number of carbonyl (C=O) groups is 1. The molecule has 0 aliphatic carbocycles. The summed E-state index contributed by atoms with van der Waals surface area (Å²) in [7, 11) is -5.35. The second-order valence-electron chi connectivity index (χ2n) is 17.1. The number of hydrogen-bond acceptors (Lipinski definition) is 7. The second kappa shape index (κ2) is 25.8. The molecule has 0 bridgehead atoms. The van der Waals surface area contributed by atoms with E-state index < -0.39 is 31.8 Å². The molecule has 0 aliphatic rings. The van der Waals surface area contributed by atoms with Crippen LogP contribution in [0.2, 0.25) is 49.4 Å². The Bertz CT molecular complexity index is 1270. The number of benzene rings is 2. The van der Waals surface area contributed by atoms with Crippen LogP contribution in [0, 0.1) is 11.3 Å². The van der Waals surface area contributed by atoms with Crippen molar-refractivity contribution >= 4 is 31.5 Å². The lowest BCUT2D eigenvalue weighted by molar-refractivity contribution is -0.124. The maximum atomic E-state index is 13.9. The Labute approximate surface area is 340 Å². The maximum absolute atomic E-state index is 13.9. The first-order valence-corrected chi connectivity index (χ1v) is 29.5. The highest BCUT2D eigenvalue weighted by atomic mass is 28.4. The lowest BCUT2D eigenvalue weighted by Crippen LogP contribution is -2.43. The summed E-state index contributed by atoms with van der Waals surface area (Å²) in [5, 5.41) is 11.5. The summed E-state index contributed by atoms with van der Waals surface area (Å²) in [6.45, 7) is 26.1. The van der Waals surface area contributed by atoms with E-state index in [0.717, 1.165) is 53.8 Å². The molecule has 0 aliphatic heterocycles. The van der Waals surface area contributed by atoms with E-state index in [1.807, 2.05) is 36.4 Å². The minimum atomic E-state index is -1.99. The van der Waals surface area contributed by atoms with Crippen molar-refractivity contribution in [1.29, 1.82) is 0 Å². The SMILES string of the molecule is CC[Si](CC)(CC)OC(CCOCc1ccccc1)CC(O)CC(=O)CC(CC(CC(OCc1ccccc1)O[SiH](C)C)O[Si](CC)(CC)CC)C(C)(C)C. The van der Waals surface area contributed by atoms with E-state index in [1.165, 1.54) is 0 Å². The molecule has 0 amide bonds. The van der Waals surface area contributed by atoms with Crippen molar-refractivity contribution in [3.63, 3.8) is 0 Å². The van der Waals surface area contributed by atoms with Gasteiger partial charge in [-0.2, -0.15) is 0 Å². The lowest BCUT2D eigenvalue weighted by Gasteiger charge is -2.39. The predicted molar refractivity (Wildman–Crippen MR) is 237 cm³/mol. The number of ether oxygens (including phenoxy) is 2. The van der Waals surface area contributed by atoms with Crippen molar-refractivity contribution in [2.24, 2.45) is 11.3 Å². The molecule has 0 fully saturated rings. The molecule has 1 N–H and O–H groups in total. The summed E-state index contributed by atoms with van der Waals surface area (Å²) in [6.07, 6.45) is 1.68. The first-order valence-electron chi connectivity index (χ1n) is 21.6. The molecular formula is C45H80O7Si3. The normalized spacial score (nSPS) is 15.5. The Morgan fingerprint density at radius 3 is 1.65 bits per heavy atom. The third kappa shape index (κ3) is 18.8. The standard InChI is InChI=1S/C45H80O7Si3/c1-12-54(13-2,14-3)51-42(28-29-48-35-37-24-20-18-21-25-37)33-41(47)32-40(46)30-39(45(7,8)9)31-43(52-55(15-4,16-5)17-6)34-44(50-53(10)11)49-36-38-26-22-19-23-27-38/h18-27,39,41-44,47,53H,12-17,28-36H2,1-11H3. The zero-order valence-electron chi connectivity index (χ0n) is 36.7. The number of Topliss-reactive ketones (excluding diaryl/α,β-unsaturated/α-hetero) is 1. The van der Waals surface area contributed by atoms with Crippen molar-refractivity contribution in [3.8, 4) is 0 Å². The van der Waals surface area contributed by atoms with Gasteiger partial charge in [0.2, 0.25) is 0 Å². The molecule has 0 saturated heterocycles. The van der Waals surface area contributed by atoms with Crippen molar-refractivity contribution in [1.82, 2.24) is 0 Å². The van der Waals surface area contributed by atoms with Crippen molar-refractivity contribution in [2.45, 2.75) is 188 Å². The van der Waals surface area contributed by atoms with Crippen molar-refractivity contribution < 1.29 is 32.7 Å². The fraction of sp³-hybridized carbons (Fsp3) is 0.711. The van der Waals surface area contributed by atoms with Gasteiger partial charge in [-0.15, -0.1) is 0 Å². The van der Waals surface area contributed by atoms with Crippen LogP contribution in [0.15, 0.2) is 60.7 Å². The molecule has 0 heterocycles. The highest BCUT2D eigenvalue weighted by Gasteiger charge is 2.38. The topological polar surface area (TPSA) is 83.5 Å². The number of aliphatic hydroxyl groups excluding tert-OH is 1. The van der Waals surface area contributed by atoms with Gasteiger partial charge in [-0.3, -0.25) is 4.79 Å². The number of ketones is 1. The van der Waals surface area contributed by atoms with Crippen LogP contribution in [-0.2, 0) is 40.8 Å². The summed E-state index contributed by atoms with van der Waals surface area (Å²) in [6, 6.07) is 26.7. The lowest BCUT2D eigenvalue weighted by atomic mass is 9.74. The first kappa shape index (κ1) is 49.7. The molecule has 5 atom stereocenters. The minimum Gasteiger partial charge on any atom is -0.414 e. The number of rotatable bonds is 30. The average Bonchev–Trinajstić information content (AvgIpc) is 3.16. The van der Waals surface area contributed by atoms with Crippen LogP contribution in [0.4, 0.5) is 0 Å². The largest absolute Gasteiger partial charge is 0.414 e. The molecule has 2 rings (SSSR count). The monoisotopic (exact) mass is 817 g/mol. The molecule has 10 heteroatoms. The van der Waals surface area contributed by atoms with Gasteiger partial charge in [-0.25, -0.2) is 0 Å². The van der Waals surface area contributed by atoms with E-state index in [-0.39, 0.29) is 42.0 Å². The molecular weight excluding hydrogens is 737 g/mol. The van der Waals surface area contributed by atoms with E-state index in [9.17, 15) is 9.90 Å². The van der Waals surface area contributed by atoms with Crippen LogP contribution in [0.5, 0.6) is 0 Å². The van der Waals surface area contributed by atoms with E-state index in [0.29, 0.717) is 45.5 Å². The highest BCUT2D eigenvalue weighted by Crippen LogP contribution is 2.37. The van der Waals surface area contributed by atoms with Gasteiger partial charge in [-0.05, 0) is 91.1 Å². The van der Waals surface area contributed by atoms with Gasteiger partial charge in [0.05, 0.1) is 25.4 Å². The third-order valence-corrected chi connectivity index (χ3v) is 22.0. The summed E-state index contributed by atoms with van der Waals surface area (Å²) >= 11 is 0. The fourth-order valence-corrected chi connectivity index (χ4v) is 14.2. The Morgan fingerprint density at radius 2 is 1.18 bits per heavy atom. The van der Waals surface area contributed by atoms with Gasteiger partial charge in [0.1, 0.15) is 12.1 Å². The van der Waals surface area contributed by atoms with Crippen LogP contribution in [-0.4, -0.2) is 67.8 Å². The van der Waals surface area contributed by atoms with Gasteiger partial charge < -0.3 is 27.9 Å². The Hall–Kier alpha value is -1.48. The Morgan fingerprint density at radius 1 is 0.691 bits per heavy atom. The van der Waals surface area contributed by atoms with E-state index in [4.69, 9.17) is 22.8 Å². The molecule has 0 saturated carbocycles. The number of aliphatic hydroxyl groups is 1. The minimum absolute atomic E-state index is 0.0688. The zero-order valence-corrected chi connectivity index (χ0v) is 39.9. The van der Waals surface area contributed by atoms with Crippen LogP contribution >= 0.6 is 0 Å². The van der Waals surface area contributed by atoms with Crippen molar-refractivity contribution in [3.05, 3.63) is 71.8 Å². The third-order valence-electron chi connectivity index (χ3n) is 11.8. The Kier molecular flexibility index (Phi) is 23.3. The molecule has 0 aromatic heterocycles. The van der Waals surface area contributed by atoms with E-state index in [2.05, 4.69) is 99.7 Å². The number of hydrogen-bond donors (Lipinski definition) is 1. The van der Waals surface area contributed by atoms with Crippen LogP contribution in [0.1, 0.15) is 112 Å². The number of carbonyl (C=O) groups excluding carboxylic acids is 1. The summed E-state index contributed by atoms with van der Waals surface area (Å²) in [5.41, 5.74) is 2.12. The molecule has 7 nitrogen and oxygen atoms in total. The van der Waals surface area contributed by atoms with E-state index >= 15 is 0 Å². The molecule has 5 unspecified atom stereocenters. The van der Waals surface area contributed by atoms with Gasteiger partial charge in [0.15, 0.2) is 25.7 Å². The highest BCUT2D eigenvalue weighted by molar-refractivity contribution is 6.74. The molecule has 2 aromatic rings. The fourth-order valence-electron chi connectivity index (χ4n) is 7.62.